The molecule has 0 aliphatic heterocycles. The molecule has 1 unspecified atom stereocenters. The van der Waals surface area contributed by atoms with Crippen LogP contribution in [-0.2, 0) is 9.53 Å². The van der Waals surface area contributed by atoms with E-state index >= 15 is 0 Å². The molecule has 2 amide bonds. The molecule has 15 heavy (non-hydrogen) atoms. The van der Waals surface area contributed by atoms with Crippen molar-refractivity contribution in [1.29, 1.82) is 0 Å². The molecule has 0 heterocycles. The van der Waals surface area contributed by atoms with Gasteiger partial charge in [-0.05, 0) is 6.92 Å². The van der Waals surface area contributed by atoms with Crippen LogP contribution >= 0.6 is 0 Å². The molecule has 0 aromatic carbocycles. The van der Waals surface area contributed by atoms with Crippen molar-refractivity contribution in [2.24, 2.45) is 0 Å². The standard InChI is InChI=1S/C9H15NO5/c1-9(14,4-3-5-11)6-7(12)10-8(13)15-2/h3-4,11,14H,5-6H2,1-2H3,(H,10,12,13)/b4-3+. The number of nitrogens with one attached hydrogen (secondary N) is 1. The van der Waals surface area contributed by atoms with Crippen LogP contribution in [0, 0.1) is 0 Å². The summed E-state index contributed by atoms with van der Waals surface area (Å²) in [4.78, 5) is 21.8. The van der Waals surface area contributed by atoms with Gasteiger partial charge in [0.1, 0.15) is 0 Å². The molecule has 0 bridgehead atoms. The number of hydrogen-bond donors (Lipinski definition) is 3. The Hall–Kier alpha value is -1.40. The minimum atomic E-state index is -1.40. The number of alkyl carbamates (subject to hydrolysis) is 1. The van der Waals surface area contributed by atoms with Gasteiger partial charge in [-0.15, -0.1) is 0 Å². The third-order valence-corrected chi connectivity index (χ3v) is 1.53. The van der Waals surface area contributed by atoms with Crippen LogP contribution in [0.3, 0.4) is 0 Å². The van der Waals surface area contributed by atoms with E-state index in [0.29, 0.717) is 0 Å². The molecule has 0 aliphatic rings. The van der Waals surface area contributed by atoms with E-state index in [2.05, 4.69) is 4.74 Å². The first kappa shape index (κ1) is 13.6. The van der Waals surface area contributed by atoms with Crippen LogP contribution in [0.25, 0.3) is 0 Å². The quantitative estimate of drug-likeness (QED) is 0.555. The number of methoxy groups -OCH3 is 1. The average Bonchev–Trinajstić information content (AvgIpc) is 2.13. The molecule has 0 saturated carbocycles. The Balaban J connectivity index is 4.15. The SMILES string of the molecule is COC(=O)NC(=O)CC(C)(O)/C=C/CO. The highest BCUT2D eigenvalue weighted by molar-refractivity contribution is 5.92. The Bertz CT molecular complexity index is 259. The fraction of sp³-hybridized carbons (Fsp3) is 0.556. The molecule has 0 saturated heterocycles. The second-order valence-corrected chi connectivity index (χ2v) is 3.16. The van der Waals surface area contributed by atoms with Gasteiger partial charge in [0.15, 0.2) is 0 Å². The van der Waals surface area contributed by atoms with E-state index in [4.69, 9.17) is 5.11 Å². The molecule has 3 N–H and O–H groups in total. The highest BCUT2D eigenvalue weighted by Gasteiger charge is 2.22. The second-order valence-electron chi connectivity index (χ2n) is 3.16. The molecule has 0 rings (SSSR count). The zero-order valence-corrected chi connectivity index (χ0v) is 8.69. The number of aliphatic hydroxyl groups excluding tert-OH is 1. The summed E-state index contributed by atoms with van der Waals surface area (Å²) in [7, 11) is 1.13. The summed E-state index contributed by atoms with van der Waals surface area (Å²) in [6.07, 6.45) is 1.43. The molecule has 0 spiro atoms. The maximum atomic E-state index is 11.1. The molecule has 86 valence electrons. The lowest BCUT2D eigenvalue weighted by Gasteiger charge is -2.17. The lowest BCUT2D eigenvalue weighted by Crippen LogP contribution is -2.36. The van der Waals surface area contributed by atoms with Crippen molar-refractivity contribution in [3.63, 3.8) is 0 Å². The predicted octanol–water partition coefficient (Wildman–Crippen LogP) is -0.441. The monoisotopic (exact) mass is 217 g/mol. The van der Waals surface area contributed by atoms with Gasteiger partial charge in [0, 0.05) is 0 Å². The van der Waals surface area contributed by atoms with E-state index in [1.165, 1.54) is 19.1 Å². The van der Waals surface area contributed by atoms with E-state index in [9.17, 15) is 14.7 Å². The second kappa shape index (κ2) is 6.15. The zero-order chi connectivity index (χ0) is 11.9. The molecule has 6 nitrogen and oxygen atoms in total. The Kier molecular flexibility index (Phi) is 5.58. The van der Waals surface area contributed by atoms with E-state index in [0.717, 1.165) is 7.11 Å². The lowest BCUT2D eigenvalue weighted by molar-refractivity contribution is -0.123. The minimum Gasteiger partial charge on any atom is -0.453 e. The summed E-state index contributed by atoms with van der Waals surface area (Å²) in [5.74, 6) is -0.658. The van der Waals surface area contributed by atoms with Crippen LogP contribution in [0.15, 0.2) is 12.2 Å². The molecule has 0 aliphatic carbocycles. The maximum Gasteiger partial charge on any atom is 0.413 e. The van der Waals surface area contributed by atoms with E-state index < -0.39 is 17.6 Å². The van der Waals surface area contributed by atoms with Crippen LogP contribution in [0.4, 0.5) is 4.79 Å². The van der Waals surface area contributed by atoms with Gasteiger partial charge < -0.3 is 14.9 Å². The van der Waals surface area contributed by atoms with Crippen molar-refractivity contribution >= 4 is 12.0 Å². The number of hydrogen-bond acceptors (Lipinski definition) is 5. The van der Waals surface area contributed by atoms with Crippen LogP contribution < -0.4 is 5.32 Å². The summed E-state index contributed by atoms with van der Waals surface area (Å²) >= 11 is 0. The molecule has 1 atom stereocenters. The first-order valence-electron chi connectivity index (χ1n) is 4.30. The fourth-order valence-electron chi connectivity index (χ4n) is 0.900. The van der Waals surface area contributed by atoms with Crippen molar-refractivity contribution in [2.45, 2.75) is 18.9 Å². The van der Waals surface area contributed by atoms with Gasteiger partial charge in [0.05, 0.1) is 25.7 Å². The number of carbonyl (C=O) groups excluding carboxylic acids is 2. The van der Waals surface area contributed by atoms with Gasteiger partial charge in [-0.2, -0.15) is 0 Å². The van der Waals surface area contributed by atoms with Gasteiger partial charge in [-0.3, -0.25) is 10.1 Å². The van der Waals surface area contributed by atoms with Crippen LogP contribution in [0.5, 0.6) is 0 Å². The van der Waals surface area contributed by atoms with Gasteiger partial charge in [0.2, 0.25) is 5.91 Å². The molecular weight excluding hydrogens is 202 g/mol. The molecule has 0 radical (unpaired) electrons. The number of ether oxygens (including phenoxy) is 1. The molecule has 0 aromatic heterocycles. The van der Waals surface area contributed by atoms with Crippen molar-refractivity contribution in [3.05, 3.63) is 12.2 Å². The van der Waals surface area contributed by atoms with Crippen molar-refractivity contribution in [1.82, 2.24) is 5.32 Å². The summed E-state index contributed by atoms with van der Waals surface area (Å²) in [5.41, 5.74) is -1.40. The largest absolute Gasteiger partial charge is 0.453 e. The zero-order valence-electron chi connectivity index (χ0n) is 8.69. The summed E-state index contributed by atoms with van der Waals surface area (Å²) in [5, 5.41) is 20.0. The number of rotatable bonds is 4. The smallest absolute Gasteiger partial charge is 0.413 e. The third-order valence-electron chi connectivity index (χ3n) is 1.53. The van der Waals surface area contributed by atoms with E-state index in [1.54, 1.807) is 0 Å². The summed E-state index contributed by atoms with van der Waals surface area (Å²) in [6, 6.07) is 0. The van der Waals surface area contributed by atoms with Crippen LogP contribution in [0.2, 0.25) is 0 Å². The number of amides is 2. The first-order chi connectivity index (χ1) is 6.91. The van der Waals surface area contributed by atoms with Gasteiger partial charge in [0.25, 0.3) is 0 Å². The third kappa shape index (κ3) is 6.64. The van der Waals surface area contributed by atoms with Crippen LogP contribution in [0.1, 0.15) is 13.3 Å². The lowest BCUT2D eigenvalue weighted by atomic mass is 10.0. The predicted molar refractivity (Wildman–Crippen MR) is 52.0 cm³/mol. The topological polar surface area (TPSA) is 95.9 Å². The Labute approximate surface area is 87.5 Å². The normalized spacial score (nSPS) is 14.7. The molecule has 0 aromatic rings. The Morgan fingerprint density at radius 3 is 2.60 bits per heavy atom. The number of aliphatic hydroxyl groups is 2. The highest BCUT2D eigenvalue weighted by Crippen LogP contribution is 2.10. The average molecular weight is 217 g/mol. The van der Waals surface area contributed by atoms with Crippen molar-refractivity contribution in [2.75, 3.05) is 13.7 Å². The Morgan fingerprint density at radius 1 is 1.53 bits per heavy atom. The summed E-state index contributed by atoms with van der Waals surface area (Å²) < 4.78 is 4.21. The van der Waals surface area contributed by atoms with Crippen molar-refractivity contribution < 1.29 is 24.5 Å². The van der Waals surface area contributed by atoms with Crippen LogP contribution in [-0.4, -0.2) is 41.5 Å². The molecule has 0 fully saturated rings. The number of carbonyl (C=O) groups is 2. The molecule has 6 heteroatoms. The first-order valence-corrected chi connectivity index (χ1v) is 4.30. The summed E-state index contributed by atoms with van der Waals surface area (Å²) in [6.45, 7) is 1.16. The van der Waals surface area contributed by atoms with Gasteiger partial charge in [-0.25, -0.2) is 4.79 Å². The van der Waals surface area contributed by atoms with Gasteiger partial charge >= 0.3 is 6.09 Å². The number of imide groups is 1. The highest BCUT2D eigenvalue weighted by atomic mass is 16.5. The van der Waals surface area contributed by atoms with E-state index in [1.807, 2.05) is 5.32 Å². The van der Waals surface area contributed by atoms with Gasteiger partial charge in [-0.1, -0.05) is 12.2 Å². The maximum absolute atomic E-state index is 11.1. The Morgan fingerprint density at radius 2 is 2.13 bits per heavy atom. The van der Waals surface area contributed by atoms with E-state index in [-0.39, 0.29) is 13.0 Å². The molecular formula is C9H15NO5. The van der Waals surface area contributed by atoms with Crippen molar-refractivity contribution in [3.8, 4) is 0 Å². The fourth-order valence-corrected chi connectivity index (χ4v) is 0.900. The minimum absolute atomic E-state index is 0.227.